The van der Waals surface area contributed by atoms with E-state index in [2.05, 4.69) is 25.3 Å². The second-order valence-electron chi connectivity index (χ2n) is 16.0. The summed E-state index contributed by atoms with van der Waals surface area (Å²) in [5.74, 6) is 0.533. The average molecular weight is 802 g/mol. The summed E-state index contributed by atoms with van der Waals surface area (Å²) in [5.41, 5.74) is 11.3. The van der Waals surface area contributed by atoms with Crippen molar-refractivity contribution >= 4 is 45.9 Å². The quantitative estimate of drug-likeness (QED) is 0.182. The number of nitrogen functional groups attached to an aromatic ring is 1. The van der Waals surface area contributed by atoms with Crippen LogP contribution in [0.3, 0.4) is 0 Å². The maximum atomic E-state index is 15.9. The lowest BCUT2D eigenvalue weighted by molar-refractivity contribution is -0.120. The number of nitrogens with two attached hydrogens (primary N) is 1. The molecular weight excluding hydrogens is 754 g/mol. The summed E-state index contributed by atoms with van der Waals surface area (Å²) in [6, 6.07) is 23.4. The molecular formula is C44H48FN9O5. The third kappa shape index (κ3) is 7.79. The number of morpholine rings is 1. The standard InChI is InChI=1S/C44H48FN9O5/c45-33-26-50(17-15-37(33)53-20-14-32-35(53)5-3-6-36(32)54-21-16-41(56)47-44(54)58)25-28-12-18-51(19-13-28)43(57)30-10-8-29(9-11-30)40-27-52(22-23-59-40)38-24-34(48-49-42(38)46)31-4-1-2-7-39(31)55/h1-11,14,20,24,28,33,37,40,55H,12-13,15-19,21-23,25-27H2,(H2,46,49)(H,47,56,58)/t33-,37+,40-/m1/s1. The van der Waals surface area contributed by atoms with Crippen LogP contribution in [0.15, 0.2) is 85.1 Å². The number of likely N-dealkylation sites (tertiary alicyclic amines) is 2. The highest BCUT2D eigenvalue weighted by molar-refractivity contribution is 6.09. The summed E-state index contributed by atoms with van der Waals surface area (Å²) >= 11 is 0. The molecule has 2 aromatic heterocycles. The van der Waals surface area contributed by atoms with Gasteiger partial charge in [0.25, 0.3) is 5.91 Å². The molecule has 14 nitrogen and oxygen atoms in total. The van der Waals surface area contributed by atoms with Crippen LogP contribution in [0.2, 0.25) is 0 Å². The molecule has 4 amide bonds. The minimum Gasteiger partial charge on any atom is -0.507 e. The molecule has 59 heavy (non-hydrogen) atoms. The number of urea groups is 1. The predicted molar refractivity (Wildman–Crippen MR) is 222 cm³/mol. The molecule has 0 bridgehead atoms. The molecule has 4 fully saturated rings. The molecule has 15 heteroatoms. The van der Waals surface area contributed by atoms with Crippen molar-refractivity contribution in [2.75, 3.05) is 74.5 Å². The number of rotatable bonds is 8. The van der Waals surface area contributed by atoms with Gasteiger partial charge in [0.2, 0.25) is 5.91 Å². The van der Waals surface area contributed by atoms with Gasteiger partial charge < -0.3 is 34.8 Å². The Hall–Kier alpha value is -6.06. The molecule has 4 aliphatic heterocycles. The minimum absolute atomic E-state index is 0.00895. The Balaban J connectivity index is 0.767. The number of imide groups is 1. The number of piperidine rings is 2. The number of anilines is 3. The fraction of sp³-hybridized carbons (Fsp3) is 0.386. The minimum atomic E-state index is -1.06. The molecule has 4 aliphatic rings. The van der Waals surface area contributed by atoms with Crippen LogP contribution < -0.4 is 20.9 Å². The predicted octanol–water partition coefficient (Wildman–Crippen LogP) is 5.55. The van der Waals surface area contributed by atoms with Gasteiger partial charge in [-0.05, 0) is 79.3 Å². The van der Waals surface area contributed by atoms with Crippen molar-refractivity contribution in [3.63, 3.8) is 0 Å². The number of aromatic nitrogens is 3. The normalized spacial score (nSPS) is 22.2. The van der Waals surface area contributed by atoms with Gasteiger partial charge >= 0.3 is 6.03 Å². The molecule has 4 saturated heterocycles. The zero-order chi connectivity index (χ0) is 40.6. The van der Waals surface area contributed by atoms with E-state index in [1.165, 1.54) is 0 Å². The number of phenols is 1. The zero-order valence-electron chi connectivity index (χ0n) is 32.8. The number of carbonyl (C=O) groups is 3. The lowest BCUT2D eigenvalue weighted by atomic mass is 9.93. The van der Waals surface area contributed by atoms with Crippen molar-refractivity contribution in [3.05, 3.63) is 96.2 Å². The van der Waals surface area contributed by atoms with Gasteiger partial charge in [-0.25, -0.2) is 9.18 Å². The highest BCUT2D eigenvalue weighted by Gasteiger charge is 2.34. The van der Waals surface area contributed by atoms with Gasteiger partial charge in [-0.15, -0.1) is 10.2 Å². The number of amides is 4. The first-order chi connectivity index (χ1) is 28.7. The maximum absolute atomic E-state index is 15.9. The SMILES string of the molecule is Nc1nnc(-c2ccccc2O)cc1N1CCO[C@@H](c2ccc(C(=O)N3CCC(CN4CC[C@H](n5ccc6c(N7CCC(=O)NC7=O)cccc65)[C@H](F)C4)CC3)cc2)C1. The largest absolute Gasteiger partial charge is 0.507 e. The van der Waals surface area contributed by atoms with Crippen LogP contribution >= 0.6 is 0 Å². The number of para-hydroxylation sites is 1. The van der Waals surface area contributed by atoms with Crippen molar-refractivity contribution < 1.29 is 28.6 Å². The number of alkyl halides is 1. The first kappa shape index (κ1) is 38.5. The highest BCUT2D eigenvalue weighted by atomic mass is 19.1. The number of nitrogens with zero attached hydrogens (tertiary/aromatic N) is 7. The molecule has 9 rings (SSSR count). The Bertz CT molecular complexity index is 2360. The molecule has 0 unspecified atom stereocenters. The Kier molecular flexibility index (Phi) is 10.6. The van der Waals surface area contributed by atoms with Crippen LogP contribution in [0.1, 0.15) is 53.8 Å². The van der Waals surface area contributed by atoms with E-state index in [0.29, 0.717) is 80.9 Å². The van der Waals surface area contributed by atoms with E-state index < -0.39 is 12.2 Å². The monoisotopic (exact) mass is 801 g/mol. The number of aromatic hydroxyl groups is 1. The van der Waals surface area contributed by atoms with Crippen molar-refractivity contribution in [3.8, 4) is 17.0 Å². The van der Waals surface area contributed by atoms with E-state index in [4.69, 9.17) is 10.5 Å². The molecule has 3 atom stereocenters. The second-order valence-corrected chi connectivity index (χ2v) is 16.0. The maximum Gasteiger partial charge on any atom is 0.328 e. The van der Waals surface area contributed by atoms with Crippen molar-refractivity contribution in [1.82, 2.24) is 29.9 Å². The third-order valence-electron chi connectivity index (χ3n) is 12.4. The molecule has 6 heterocycles. The lowest BCUT2D eigenvalue weighted by Crippen LogP contribution is -2.49. The molecule has 306 valence electrons. The number of halogens is 1. The summed E-state index contributed by atoms with van der Waals surface area (Å²) in [5, 5.41) is 22.0. The van der Waals surface area contributed by atoms with Gasteiger partial charge in [-0.2, -0.15) is 0 Å². The molecule has 0 radical (unpaired) electrons. The number of carbonyl (C=O) groups excluding carboxylic acids is 3. The molecule has 0 spiro atoms. The van der Waals surface area contributed by atoms with Crippen molar-refractivity contribution in [2.24, 2.45) is 5.92 Å². The van der Waals surface area contributed by atoms with Crippen LogP contribution in [0.25, 0.3) is 22.2 Å². The zero-order valence-corrected chi connectivity index (χ0v) is 32.8. The first-order valence-electron chi connectivity index (χ1n) is 20.4. The van der Waals surface area contributed by atoms with E-state index in [-0.39, 0.29) is 36.1 Å². The molecule has 4 N–H and O–H groups in total. The van der Waals surface area contributed by atoms with E-state index >= 15 is 4.39 Å². The number of hydrogen-bond acceptors (Lipinski definition) is 10. The van der Waals surface area contributed by atoms with Gasteiger partial charge in [0.15, 0.2) is 5.82 Å². The lowest BCUT2D eigenvalue weighted by Gasteiger charge is -2.39. The van der Waals surface area contributed by atoms with Crippen LogP contribution in [0.5, 0.6) is 5.75 Å². The van der Waals surface area contributed by atoms with Gasteiger partial charge in [0.05, 0.1) is 35.2 Å². The fourth-order valence-electron chi connectivity index (χ4n) is 9.17. The van der Waals surface area contributed by atoms with E-state index in [0.717, 1.165) is 53.8 Å². The second kappa shape index (κ2) is 16.3. The molecule has 3 aromatic carbocycles. The Morgan fingerprint density at radius 3 is 2.49 bits per heavy atom. The van der Waals surface area contributed by atoms with Crippen molar-refractivity contribution in [1.29, 1.82) is 0 Å². The Morgan fingerprint density at radius 1 is 0.898 bits per heavy atom. The summed E-state index contributed by atoms with van der Waals surface area (Å²) in [7, 11) is 0. The summed E-state index contributed by atoms with van der Waals surface area (Å²) < 4.78 is 24.1. The smallest absolute Gasteiger partial charge is 0.328 e. The Morgan fingerprint density at radius 2 is 1.71 bits per heavy atom. The van der Waals surface area contributed by atoms with E-state index in [1.54, 1.807) is 23.1 Å². The third-order valence-corrected chi connectivity index (χ3v) is 12.4. The number of phenolic OH excluding ortho intramolecular Hbond substituents is 1. The molecule has 0 saturated carbocycles. The fourth-order valence-corrected chi connectivity index (χ4v) is 9.17. The number of fused-ring (bicyclic) bond motifs is 1. The number of nitrogens with one attached hydrogen (secondary N) is 1. The number of benzene rings is 3. The van der Waals surface area contributed by atoms with Crippen molar-refractivity contribution in [2.45, 2.75) is 44.0 Å². The van der Waals surface area contributed by atoms with Crippen LogP contribution in [0, 0.1) is 5.92 Å². The van der Waals surface area contributed by atoms with E-state index in [9.17, 15) is 19.5 Å². The van der Waals surface area contributed by atoms with Gasteiger partial charge in [0.1, 0.15) is 18.0 Å². The van der Waals surface area contributed by atoms with Gasteiger partial charge in [-0.3, -0.25) is 19.8 Å². The number of ether oxygens (including phenoxy) is 1. The van der Waals surface area contributed by atoms with E-state index in [1.807, 2.05) is 76.3 Å². The summed E-state index contributed by atoms with van der Waals surface area (Å²) in [6.45, 7) is 5.19. The Labute approximate surface area is 341 Å². The topological polar surface area (TPSA) is 162 Å². The van der Waals surface area contributed by atoms with Gasteiger partial charge in [0, 0.05) is 81.5 Å². The number of hydrogen-bond donors (Lipinski definition) is 3. The summed E-state index contributed by atoms with van der Waals surface area (Å²) in [4.78, 5) is 45.7. The molecule has 0 aliphatic carbocycles. The van der Waals surface area contributed by atoms with Gasteiger partial charge in [-0.1, -0.05) is 30.3 Å². The average Bonchev–Trinajstić information content (AvgIpc) is 3.69. The summed E-state index contributed by atoms with van der Waals surface area (Å²) in [6.07, 6.45) is 3.26. The van der Waals surface area contributed by atoms with Crippen LogP contribution in [0.4, 0.5) is 26.4 Å². The van der Waals surface area contributed by atoms with Crippen LogP contribution in [-0.2, 0) is 9.53 Å². The highest BCUT2D eigenvalue weighted by Crippen LogP contribution is 2.36. The first-order valence-corrected chi connectivity index (χ1v) is 20.4. The molecule has 5 aromatic rings. The van der Waals surface area contributed by atoms with Crippen LogP contribution in [-0.4, -0.2) is 113 Å².